The lowest BCUT2D eigenvalue weighted by Gasteiger charge is -2.10. The summed E-state index contributed by atoms with van der Waals surface area (Å²) in [6.07, 6.45) is 8.34. The number of pyridine rings is 1. The lowest BCUT2D eigenvalue weighted by Crippen LogP contribution is -2.30. The SMILES string of the molecule is Cc1ccc(NC(=S)NCCCn2ccnc2)nc1. The van der Waals surface area contributed by atoms with Crippen LogP contribution in [0.4, 0.5) is 5.82 Å². The maximum atomic E-state index is 5.20. The van der Waals surface area contributed by atoms with Gasteiger partial charge in [0.25, 0.3) is 0 Å². The van der Waals surface area contributed by atoms with Crippen molar-refractivity contribution in [1.29, 1.82) is 0 Å². The number of rotatable bonds is 5. The number of aryl methyl sites for hydroxylation is 2. The Bertz CT molecular complexity index is 506. The molecule has 0 bridgehead atoms. The molecule has 0 aromatic carbocycles. The van der Waals surface area contributed by atoms with Crippen LogP contribution in [-0.2, 0) is 6.54 Å². The second-order valence-corrected chi connectivity index (χ2v) is 4.66. The Morgan fingerprint density at radius 2 is 2.32 bits per heavy atom. The van der Waals surface area contributed by atoms with E-state index in [0.29, 0.717) is 5.11 Å². The van der Waals surface area contributed by atoms with Crippen LogP contribution in [0.15, 0.2) is 37.1 Å². The summed E-state index contributed by atoms with van der Waals surface area (Å²) in [7, 11) is 0. The first-order chi connectivity index (χ1) is 9.24. The van der Waals surface area contributed by atoms with Crippen LogP contribution in [0.3, 0.4) is 0 Å². The molecule has 2 N–H and O–H groups in total. The fourth-order valence-corrected chi connectivity index (χ4v) is 1.79. The van der Waals surface area contributed by atoms with E-state index in [1.807, 2.05) is 42.3 Å². The third kappa shape index (κ3) is 4.67. The molecule has 2 aromatic rings. The van der Waals surface area contributed by atoms with Crippen LogP contribution in [0.25, 0.3) is 0 Å². The van der Waals surface area contributed by atoms with E-state index in [4.69, 9.17) is 12.2 Å². The van der Waals surface area contributed by atoms with Gasteiger partial charge in [-0.05, 0) is 37.2 Å². The van der Waals surface area contributed by atoms with E-state index in [-0.39, 0.29) is 0 Å². The summed E-state index contributed by atoms with van der Waals surface area (Å²) < 4.78 is 2.04. The zero-order chi connectivity index (χ0) is 13.5. The molecule has 0 saturated heterocycles. The van der Waals surface area contributed by atoms with Crippen molar-refractivity contribution in [2.24, 2.45) is 0 Å². The van der Waals surface area contributed by atoms with Gasteiger partial charge in [-0.25, -0.2) is 9.97 Å². The van der Waals surface area contributed by atoms with Gasteiger partial charge in [0.2, 0.25) is 0 Å². The number of nitrogens with one attached hydrogen (secondary N) is 2. The molecule has 0 amide bonds. The van der Waals surface area contributed by atoms with Crippen molar-refractivity contribution < 1.29 is 0 Å². The highest BCUT2D eigenvalue weighted by molar-refractivity contribution is 7.80. The van der Waals surface area contributed by atoms with E-state index in [1.165, 1.54) is 0 Å². The van der Waals surface area contributed by atoms with E-state index in [9.17, 15) is 0 Å². The van der Waals surface area contributed by atoms with E-state index in [1.54, 1.807) is 6.20 Å². The average Bonchev–Trinajstić information content (AvgIpc) is 2.91. The van der Waals surface area contributed by atoms with Crippen molar-refractivity contribution in [3.05, 3.63) is 42.6 Å². The molecular formula is C13H17N5S. The summed E-state index contributed by atoms with van der Waals surface area (Å²) in [5.41, 5.74) is 1.13. The number of nitrogens with zero attached hydrogens (tertiary/aromatic N) is 3. The Labute approximate surface area is 118 Å². The second kappa shape index (κ2) is 6.84. The fourth-order valence-electron chi connectivity index (χ4n) is 1.58. The molecule has 6 heteroatoms. The predicted octanol–water partition coefficient (Wildman–Crippen LogP) is 1.96. The van der Waals surface area contributed by atoms with Gasteiger partial charge in [-0.3, -0.25) is 0 Å². The topological polar surface area (TPSA) is 54.8 Å². The quantitative estimate of drug-likeness (QED) is 0.645. The van der Waals surface area contributed by atoms with Crippen LogP contribution in [0.5, 0.6) is 0 Å². The molecule has 0 fully saturated rings. The maximum Gasteiger partial charge on any atom is 0.171 e. The molecular weight excluding hydrogens is 258 g/mol. The lowest BCUT2D eigenvalue weighted by molar-refractivity contribution is 0.632. The third-order valence-electron chi connectivity index (χ3n) is 2.59. The predicted molar refractivity (Wildman–Crippen MR) is 80.0 cm³/mol. The minimum absolute atomic E-state index is 0.599. The standard InChI is InChI=1S/C13H17N5S/c1-11-3-4-12(16-9-11)17-13(19)15-5-2-7-18-8-6-14-10-18/h3-4,6,8-10H,2,5,7H2,1H3,(H2,15,16,17,19). The van der Waals surface area contributed by atoms with Crippen LogP contribution in [0.2, 0.25) is 0 Å². The molecule has 5 nitrogen and oxygen atoms in total. The van der Waals surface area contributed by atoms with Gasteiger partial charge in [0.15, 0.2) is 5.11 Å². The van der Waals surface area contributed by atoms with Crippen LogP contribution >= 0.6 is 12.2 Å². The molecule has 0 saturated carbocycles. The molecule has 0 radical (unpaired) electrons. The summed E-state index contributed by atoms with van der Waals surface area (Å²) in [6, 6.07) is 3.91. The van der Waals surface area contributed by atoms with Gasteiger partial charge >= 0.3 is 0 Å². The first-order valence-corrected chi connectivity index (χ1v) is 6.58. The van der Waals surface area contributed by atoms with Crippen LogP contribution in [-0.4, -0.2) is 26.2 Å². The lowest BCUT2D eigenvalue weighted by atomic mass is 10.3. The molecule has 0 aliphatic carbocycles. The van der Waals surface area contributed by atoms with Crippen molar-refractivity contribution >= 4 is 23.1 Å². The Morgan fingerprint density at radius 3 is 3.00 bits per heavy atom. The average molecular weight is 275 g/mol. The number of anilines is 1. The molecule has 19 heavy (non-hydrogen) atoms. The molecule has 100 valence electrons. The van der Waals surface area contributed by atoms with Gasteiger partial charge in [-0.2, -0.15) is 0 Å². The number of hydrogen-bond acceptors (Lipinski definition) is 3. The van der Waals surface area contributed by atoms with Crippen molar-refractivity contribution in [2.75, 3.05) is 11.9 Å². The van der Waals surface area contributed by atoms with E-state index < -0.39 is 0 Å². The largest absolute Gasteiger partial charge is 0.362 e. The van der Waals surface area contributed by atoms with Gasteiger partial charge in [0.05, 0.1) is 6.33 Å². The summed E-state index contributed by atoms with van der Waals surface area (Å²) in [6.45, 7) is 3.75. The van der Waals surface area contributed by atoms with Gasteiger partial charge in [-0.15, -0.1) is 0 Å². The normalized spacial score (nSPS) is 10.2. The first-order valence-electron chi connectivity index (χ1n) is 6.17. The zero-order valence-corrected chi connectivity index (χ0v) is 11.7. The van der Waals surface area contributed by atoms with Crippen molar-refractivity contribution in [2.45, 2.75) is 19.9 Å². The monoisotopic (exact) mass is 275 g/mol. The molecule has 2 rings (SSSR count). The summed E-state index contributed by atoms with van der Waals surface area (Å²) in [5, 5.41) is 6.81. The highest BCUT2D eigenvalue weighted by Gasteiger charge is 1.98. The van der Waals surface area contributed by atoms with E-state index in [2.05, 4.69) is 20.6 Å². The molecule has 2 aromatic heterocycles. The molecule has 0 spiro atoms. The summed E-state index contributed by atoms with van der Waals surface area (Å²) >= 11 is 5.20. The van der Waals surface area contributed by atoms with Gasteiger partial charge in [0.1, 0.15) is 5.82 Å². The Morgan fingerprint density at radius 1 is 1.42 bits per heavy atom. The highest BCUT2D eigenvalue weighted by Crippen LogP contribution is 2.03. The zero-order valence-electron chi connectivity index (χ0n) is 10.8. The minimum atomic E-state index is 0.599. The fraction of sp³-hybridized carbons (Fsp3) is 0.308. The highest BCUT2D eigenvalue weighted by atomic mass is 32.1. The van der Waals surface area contributed by atoms with Gasteiger partial charge in [-0.1, -0.05) is 6.07 Å². The van der Waals surface area contributed by atoms with Crippen LogP contribution in [0, 0.1) is 6.92 Å². The summed E-state index contributed by atoms with van der Waals surface area (Å²) in [5.74, 6) is 0.762. The maximum absolute atomic E-state index is 5.20. The Kier molecular flexibility index (Phi) is 4.85. The Hall–Kier alpha value is -1.95. The first kappa shape index (κ1) is 13.5. The molecule has 0 aliphatic heterocycles. The molecule has 2 heterocycles. The number of aromatic nitrogens is 3. The third-order valence-corrected chi connectivity index (χ3v) is 2.84. The van der Waals surface area contributed by atoms with Crippen molar-refractivity contribution in [1.82, 2.24) is 19.9 Å². The van der Waals surface area contributed by atoms with Crippen molar-refractivity contribution in [3.63, 3.8) is 0 Å². The number of hydrogen-bond donors (Lipinski definition) is 2. The van der Waals surface area contributed by atoms with E-state index in [0.717, 1.165) is 30.9 Å². The van der Waals surface area contributed by atoms with Crippen molar-refractivity contribution in [3.8, 4) is 0 Å². The smallest absolute Gasteiger partial charge is 0.171 e. The minimum Gasteiger partial charge on any atom is -0.362 e. The molecule has 0 aliphatic rings. The molecule has 0 atom stereocenters. The number of thiocarbonyl (C=S) groups is 1. The second-order valence-electron chi connectivity index (χ2n) is 4.26. The molecule has 0 unspecified atom stereocenters. The Balaban J connectivity index is 1.65. The van der Waals surface area contributed by atoms with Gasteiger partial charge in [0, 0.05) is 31.7 Å². The van der Waals surface area contributed by atoms with E-state index >= 15 is 0 Å². The number of imidazole rings is 1. The summed E-state index contributed by atoms with van der Waals surface area (Å²) in [4.78, 5) is 8.23. The van der Waals surface area contributed by atoms with Crippen LogP contribution < -0.4 is 10.6 Å². The van der Waals surface area contributed by atoms with Gasteiger partial charge < -0.3 is 15.2 Å². The van der Waals surface area contributed by atoms with Crippen LogP contribution in [0.1, 0.15) is 12.0 Å².